The number of carbonyl (C=O) groups excluding carboxylic acids is 2. The van der Waals surface area contributed by atoms with Crippen molar-refractivity contribution in [2.24, 2.45) is 0 Å². The molecule has 7 nitrogen and oxygen atoms in total. The summed E-state index contributed by atoms with van der Waals surface area (Å²) in [6.07, 6.45) is 3.98. The molecule has 2 aromatic rings. The van der Waals surface area contributed by atoms with E-state index in [4.69, 9.17) is 0 Å². The van der Waals surface area contributed by atoms with Gasteiger partial charge in [0.15, 0.2) is 0 Å². The van der Waals surface area contributed by atoms with Crippen LogP contribution >= 0.6 is 0 Å². The van der Waals surface area contributed by atoms with Crippen molar-refractivity contribution in [2.45, 2.75) is 12.5 Å². The molecule has 2 aliphatic rings. The largest absolute Gasteiger partial charge is 0.372 e. The second kappa shape index (κ2) is 7.36. The zero-order chi connectivity index (χ0) is 18.8. The molecule has 0 radical (unpaired) electrons. The number of nitrogens with one attached hydrogen (secondary N) is 2. The third kappa shape index (κ3) is 3.50. The normalized spacial score (nSPS) is 19.9. The molecular weight excluding hydrogens is 342 g/mol. The van der Waals surface area contributed by atoms with Gasteiger partial charge in [-0.05, 0) is 29.8 Å². The molecule has 2 aliphatic heterocycles. The third-order valence-corrected chi connectivity index (χ3v) is 5.18. The molecule has 1 aromatic heterocycles. The van der Waals surface area contributed by atoms with Crippen molar-refractivity contribution >= 4 is 23.2 Å². The molecule has 7 heteroatoms. The van der Waals surface area contributed by atoms with Crippen molar-refractivity contribution in [3.8, 4) is 0 Å². The number of pyridine rings is 1. The van der Waals surface area contributed by atoms with E-state index in [0.29, 0.717) is 37.3 Å². The number of aromatic nitrogens is 1. The van der Waals surface area contributed by atoms with Crippen LogP contribution in [0.25, 0.3) is 0 Å². The Bertz CT molecular complexity index is 855. The monoisotopic (exact) mass is 365 g/mol. The molecule has 0 spiro atoms. The molecule has 0 saturated carbocycles. The fraction of sp³-hybridized carbons (Fsp3) is 0.350. The number of hydrogen-bond acceptors (Lipinski definition) is 5. The lowest BCUT2D eigenvalue weighted by Gasteiger charge is -2.36. The smallest absolute Gasteiger partial charge is 0.254 e. The maximum absolute atomic E-state index is 13.3. The summed E-state index contributed by atoms with van der Waals surface area (Å²) in [6, 6.07) is 9.38. The zero-order valence-electron chi connectivity index (χ0n) is 15.3. The summed E-state index contributed by atoms with van der Waals surface area (Å²) in [5, 5.41) is 6.27. The van der Waals surface area contributed by atoms with Gasteiger partial charge in [-0.2, -0.15) is 0 Å². The van der Waals surface area contributed by atoms with Gasteiger partial charge in [0.25, 0.3) is 5.91 Å². The van der Waals surface area contributed by atoms with Crippen LogP contribution in [0.3, 0.4) is 0 Å². The molecule has 1 unspecified atom stereocenters. The maximum atomic E-state index is 13.3. The van der Waals surface area contributed by atoms with Crippen molar-refractivity contribution < 1.29 is 9.59 Å². The summed E-state index contributed by atoms with van der Waals surface area (Å²) in [6.45, 7) is 2.74. The highest BCUT2D eigenvalue weighted by Gasteiger charge is 2.29. The van der Waals surface area contributed by atoms with E-state index in [1.807, 2.05) is 47.3 Å². The van der Waals surface area contributed by atoms with E-state index >= 15 is 0 Å². The van der Waals surface area contributed by atoms with Gasteiger partial charge in [0.2, 0.25) is 5.91 Å². The predicted octanol–water partition coefficient (Wildman–Crippen LogP) is 1.65. The average Bonchev–Trinajstić information content (AvgIpc) is 2.86. The first-order valence-electron chi connectivity index (χ1n) is 9.20. The lowest BCUT2D eigenvalue weighted by molar-refractivity contribution is -0.115. The zero-order valence-corrected chi connectivity index (χ0v) is 15.3. The first-order chi connectivity index (χ1) is 13.1. The van der Waals surface area contributed by atoms with Gasteiger partial charge < -0.3 is 20.4 Å². The van der Waals surface area contributed by atoms with Crippen molar-refractivity contribution in [1.29, 1.82) is 0 Å². The molecular formula is C20H23N5O2. The van der Waals surface area contributed by atoms with Crippen molar-refractivity contribution in [3.05, 3.63) is 53.9 Å². The Labute approximate surface area is 158 Å². The van der Waals surface area contributed by atoms with Crippen LogP contribution in [0.1, 0.15) is 28.4 Å². The molecule has 1 saturated heterocycles. The maximum Gasteiger partial charge on any atom is 0.254 e. The van der Waals surface area contributed by atoms with Gasteiger partial charge in [-0.1, -0.05) is 6.07 Å². The van der Waals surface area contributed by atoms with Gasteiger partial charge in [0.1, 0.15) is 0 Å². The minimum atomic E-state index is -0.0592. The summed E-state index contributed by atoms with van der Waals surface area (Å²) in [5.74, 6) is -0.0603. The van der Waals surface area contributed by atoms with Crippen LogP contribution in [0.15, 0.2) is 42.7 Å². The van der Waals surface area contributed by atoms with Crippen LogP contribution in [-0.2, 0) is 4.79 Å². The Morgan fingerprint density at radius 2 is 2.15 bits per heavy atom. The average molecular weight is 365 g/mol. The van der Waals surface area contributed by atoms with Crippen LogP contribution in [0.4, 0.5) is 11.4 Å². The number of anilines is 2. The SMILES string of the molecule is CN1CCC(=O)Nc2cc(C(=O)N3CCNCC3c3cccnc3)ccc21. The summed E-state index contributed by atoms with van der Waals surface area (Å²) in [5.41, 5.74) is 3.22. The minimum Gasteiger partial charge on any atom is -0.372 e. The van der Waals surface area contributed by atoms with Crippen LogP contribution in [0, 0.1) is 0 Å². The molecule has 2 N–H and O–H groups in total. The first-order valence-corrected chi connectivity index (χ1v) is 9.20. The van der Waals surface area contributed by atoms with Crippen LogP contribution in [-0.4, -0.2) is 54.9 Å². The number of hydrogen-bond donors (Lipinski definition) is 2. The lowest BCUT2D eigenvalue weighted by atomic mass is 10.0. The van der Waals surface area contributed by atoms with Gasteiger partial charge in [0.05, 0.1) is 17.4 Å². The molecule has 140 valence electrons. The quantitative estimate of drug-likeness (QED) is 0.846. The van der Waals surface area contributed by atoms with Crippen molar-refractivity contribution in [2.75, 3.05) is 43.4 Å². The van der Waals surface area contributed by atoms with E-state index in [9.17, 15) is 9.59 Å². The first kappa shape index (κ1) is 17.5. The summed E-state index contributed by atoms with van der Waals surface area (Å²) < 4.78 is 0. The molecule has 2 amide bonds. The van der Waals surface area contributed by atoms with E-state index in [-0.39, 0.29) is 17.9 Å². The fourth-order valence-corrected chi connectivity index (χ4v) is 3.69. The summed E-state index contributed by atoms with van der Waals surface area (Å²) in [7, 11) is 1.95. The predicted molar refractivity (Wildman–Crippen MR) is 104 cm³/mol. The Kier molecular flexibility index (Phi) is 4.77. The molecule has 1 fully saturated rings. The topological polar surface area (TPSA) is 77.6 Å². The molecule has 4 rings (SSSR count). The van der Waals surface area contributed by atoms with Crippen LogP contribution in [0.5, 0.6) is 0 Å². The lowest BCUT2D eigenvalue weighted by Crippen LogP contribution is -2.48. The van der Waals surface area contributed by atoms with E-state index < -0.39 is 0 Å². The number of benzene rings is 1. The number of carbonyl (C=O) groups is 2. The number of rotatable bonds is 2. The Balaban J connectivity index is 1.64. The van der Waals surface area contributed by atoms with Crippen LogP contribution in [0.2, 0.25) is 0 Å². The number of piperazine rings is 1. The highest BCUT2D eigenvalue weighted by molar-refractivity contribution is 6.01. The van der Waals surface area contributed by atoms with E-state index in [0.717, 1.165) is 17.8 Å². The van der Waals surface area contributed by atoms with Gasteiger partial charge in [0, 0.05) is 57.6 Å². The van der Waals surface area contributed by atoms with Gasteiger partial charge in [-0.3, -0.25) is 14.6 Å². The molecule has 1 aromatic carbocycles. The molecule has 1 atom stereocenters. The Hall–Kier alpha value is -2.93. The number of amides is 2. The van der Waals surface area contributed by atoms with Crippen molar-refractivity contribution in [1.82, 2.24) is 15.2 Å². The minimum absolute atomic E-state index is 0.0272. The van der Waals surface area contributed by atoms with E-state index in [2.05, 4.69) is 15.6 Å². The second-order valence-corrected chi connectivity index (χ2v) is 6.96. The molecule has 0 bridgehead atoms. The van der Waals surface area contributed by atoms with Crippen LogP contribution < -0.4 is 15.5 Å². The van der Waals surface area contributed by atoms with E-state index in [1.165, 1.54) is 0 Å². The third-order valence-electron chi connectivity index (χ3n) is 5.18. The Morgan fingerprint density at radius 3 is 2.96 bits per heavy atom. The van der Waals surface area contributed by atoms with Gasteiger partial charge in [-0.15, -0.1) is 0 Å². The standard InChI is InChI=1S/C20H23N5O2/c1-24-9-6-19(26)23-16-11-14(4-5-17(16)24)20(27)25-10-8-22-13-18(25)15-3-2-7-21-12-15/h2-5,7,11-12,18,22H,6,8-10,13H2,1H3,(H,23,26). The highest BCUT2D eigenvalue weighted by Crippen LogP contribution is 2.31. The van der Waals surface area contributed by atoms with Gasteiger partial charge in [-0.25, -0.2) is 0 Å². The molecule has 3 heterocycles. The summed E-state index contributed by atoms with van der Waals surface area (Å²) in [4.78, 5) is 33.3. The van der Waals surface area contributed by atoms with Gasteiger partial charge >= 0.3 is 0 Å². The molecule has 0 aliphatic carbocycles. The number of nitrogens with zero attached hydrogens (tertiary/aromatic N) is 3. The van der Waals surface area contributed by atoms with E-state index in [1.54, 1.807) is 12.3 Å². The second-order valence-electron chi connectivity index (χ2n) is 6.96. The summed E-state index contributed by atoms with van der Waals surface area (Å²) >= 11 is 0. The Morgan fingerprint density at radius 1 is 1.26 bits per heavy atom. The van der Waals surface area contributed by atoms with Crippen molar-refractivity contribution in [3.63, 3.8) is 0 Å². The highest BCUT2D eigenvalue weighted by atomic mass is 16.2. The number of fused-ring (bicyclic) bond motifs is 1. The molecule has 27 heavy (non-hydrogen) atoms. The fourth-order valence-electron chi connectivity index (χ4n) is 3.69.